The molecule has 0 unspecified atom stereocenters. The van der Waals surface area contributed by atoms with Crippen LogP contribution in [0.1, 0.15) is 18.9 Å². The Morgan fingerprint density at radius 3 is 2.92 bits per heavy atom. The van der Waals surface area contributed by atoms with E-state index in [0.29, 0.717) is 23.0 Å². The van der Waals surface area contributed by atoms with Crippen molar-refractivity contribution in [1.82, 2.24) is 15.2 Å². The van der Waals surface area contributed by atoms with Crippen LogP contribution < -0.4 is 10.1 Å². The number of nitrogens with zero attached hydrogens (tertiary/aromatic N) is 2. The van der Waals surface area contributed by atoms with Gasteiger partial charge in [0.05, 0.1) is 12.5 Å². The molecule has 0 aromatic carbocycles. The quantitative estimate of drug-likeness (QED) is 0.848. The van der Waals surface area contributed by atoms with E-state index in [9.17, 15) is 22.8 Å². The first-order chi connectivity index (χ1) is 11.3. The molecule has 1 saturated heterocycles. The number of carbonyl (C=O) groups excluding carboxylic acids is 2. The lowest BCUT2D eigenvalue weighted by molar-refractivity contribution is -0.157. The van der Waals surface area contributed by atoms with Crippen LogP contribution in [0.15, 0.2) is 18.3 Å². The molecule has 1 aromatic heterocycles. The number of amides is 2. The molecule has 132 valence electrons. The molecule has 2 heterocycles. The maximum Gasteiger partial charge on any atom is 0.406 e. The maximum atomic E-state index is 12.4. The van der Waals surface area contributed by atoms with Crippen LogP contribution in [0.4, 0.5) is 13.2 Å². The summed E-state index contributed by atoms with van der Waals surface area (Å²) in [7, 11) is 0. The van der Waals surface area contributed by atoms with Crippen molar-refractivity contribution in [3.63, 3.8) is 0 Å². The zero-order valence-electron chi connectivity index (χ0n) is 13.1. The second-order valence-electron chi connectivity index (χ2n) is 5.41. The van der Waals surface area contributed by atoms with Crippen molar-refractivity contribution in [2.24, 2.45) is 5.92 Å². The summed E-state index contributed by atoms with van der Waals surface area (Å²) in [4.78, 5) is 28.4. The Kier molecular flexibility index (Phi) is 5.63. The first-order valence-electron chi connectivity index (χ1n) is 7.49. The normalized spacial score (nSPS) is 17.9. The number of carbonyl (C=O) groups is 2. The van der Waals surface area contributed by atoms with Crippen LogP contribution in [0.25, 0.3) is 0 Å². The van der Waals surface area contributed by atoms with Gasteiger partial charge in [-0.15, -0.1) is 0 Å². The third-order valence-electron chi connectivity index (χ3n) is 3.54. The zero-order chi connectivity index (χ0) is 17.7. The fourth-order valence-corrected chi connectivity index (χ4v) is 2.47. The number of hydrogen-bond acceptors (Lipinski definition) is 4. The molecule has 1 atom stereocenters. The molecule has 9 heteroatoms. The van der Waals surface area contributed by atoms with E-state index in [2.05, 4.69) is 10.3 Å². The first kappa shape index (κ1) is 18.0. The smallest absolute Gasteiger partial charge is 0.406 e. The lowest BCUT2D eigenvalue weighted by Crippen LogP contribution is -2.37. The number of hydrogen-bond donors (Lipinski definition) is 1. The molecule has 0 radical (unpaired) electrons. The Morgan fingerprint density at radius 2 is 2.25 bits per heavy atom. The number of rotatable bonds is 6. The Hall–Kier alpha value is -2.32. The van der Waals surface area contributed by atoms with Gasteiger partial charge in [-0.2, -0.15) is 13.2 Å². The van der Waals surface area contributed by atoms with Gasteiger partial charge >= 0.3 is 6.18 Å². The van der Waals surface area contributed by atoms with Crippen LogP contribution in [0.2, 0.25) is 0 Å². The van der Waals surface area contributed by atoms with Gasteiger partial charge in [0.2, 0.25) is 17.7 Å². The SMILES string of the molecule is CCOc1ncccc1CNC(=O)[C@H]1CC(=O)N(CC(F)(F)F)C1. The number of likely N-dealkylation sites (tertiary alicyclic amines) is 1. The zero-order valence-corrected chi connectivity index (χ0v) is 13.1. The minimum Gasteiger partial charge on any atom is -0.478 e. The van der Waals surface area contributed by atoms with Gasteiger partial charge in [0.1, 0.15) is 6.54 Å². The summed E-state index contributed by atoms with van der Waals surface area (Å²) >= 11 is 0. The molecule has 2 amide bonds. The van der Waals surface area contributed by atoms with Crippen molar-refractivity contribution in [2.45, 2.75) is 26.1 Å². The molecule has 6 nitrogen and oxygen atoms in total. The third-order valence-corrected chi connectivity index (χ3v) is 3.54. The number of alkyl halides is 3. The minimum absolute atomic E-state index is 0.131. The Balaban J connectivity index is 1.91. The lowest BCUT2D eigenvalue weighted by atomic mass is 10.1. The van der Waals surface area contributed by atoms with Crippen LogP contribution in [0.5, 0.6) is 5.88 Å². The van der Waals surface area contributed by atoms with E-state index in [1.165, 1.54) is 0 Å². The molecule has 0 spiro atoms. The fourth-order valence-electron chi connectivity index (χ4n) is 2.47. The first-order valence-corrected chi connectivity index (χ1v) is 7.49. The highest BCUT2D eigenvalue weighted by Gasteiger charge is 2.40. The van der Waals surface area contributed by atoms with Gasteiger partial charge < -0.3 is 15.0 Å². The van der Waals surface area contributed by atoms with Crippen LogP contribution in [-0.2, 0) is 16.1 Å². The predicted octanol–water partition coefficient (Wildman–Crippen LogP) is 1.51. The summed E-state index contributed by atoms with van der Waals surface area (Å²) in [6, 6.07) is 3.42. The third kappa shape index (κ3) is 4.84. The van der Waals surface area contributed by atoms with Crippen molar-refractivity contribution in [3.8, 4) is 5.88 Å². The number of halogens is 3. The second kappa shape index (κ2) is 7.50. The predicted molar refractivity (Wildman–Crippen MR) is 78.0 cm³/mol. The summed E-state index contributed by atoms with van der Waals surface area (Å²) in [5, 5.41) is 2.62. The summed E-state index contributed by atoms with van der Waals surface area (Å²) in [6.07, 6.45) is -3.13. The fraction of sp³-hybridized carbons (Fsp3) is 0.533. The van der Waals surface area contributed by atoms with E-state index in [0.717, 1.165) is 0 Å². The van der Waals surface area contributed by atoms with Crippen LogP contribution in [0, 0.1) is 5.92 Å². The molecule has 0 aliphatic carbocycles. The number of aromatic nitrogens is 1. The lowest BCUT2D eigenvalue weighted by Gasteiger charge is -2.18. The average molecular weight is 345 g/mol. The number of pyridine rings is 1. The molecule has 24 heavy (non-hydrogen) atoms. The second-order valence-corrected chi connectivity index (χ2v) is 5.41. The van der Waals surface area contributed by atoms with Crippen LogP contribution in [0.3, 0.4) is 0 Å². The average Bonchev–Trinajstić information content (AvgIpc) is 2.85. The summed E-state index contributed by atoms with van der Waals surface area (Å²) in [5.41, 5.74) is 0.657. The van der Waals surface area contributed by atoms with E-state index in [-0.39, 0.29) is 19.5 Å². The van der Waals surface area contributed by atoms with Crippen LogP contribution >= 0.6 is 0 Å². The molecular weight excluding hydrogens is 327 g/mol. The van der Waals surface area contributed by atoms with Crippen molar-refractivity contribution in [1.29, 1.82) is 0 Å². The van der Waals surface area contributed by atoms with Gasteiger partial charge in [0, 0.05) is 31.3 Å². The highest BCUT2D eigenvalue weighted by atomic mass is 19.4. The molecule has 1 aliphatic heterocycles. The molecule has 1 fully saturated rings. The molecule has 2 rings (SSSR count). The maximum absolute atomic E-state index is 12.4. The Morgan fingerprint density at radius 1 is 1.50 bits per heavy atom. The van der Waals surface area contributed by atoms with Gasteiger partial charge in [-0.25, -0.2) is 4.98 Å². The molecular formula is C15H18F3N3O3. The summed E-state index contributed by atoms with van der Waals surface area (Å²) in [6.45, 7) is 0.798. The molecule has 0 saturated carbocycles. The standard InChI is InChI=1S/C15H18F3N3O3/c1-2-24-14-10(4-3-5-19-14)7-20-13(23)11-6-12(22)21(8-11)9-15(16,17)18/h3-5,11H,2,6-9H2,1H3,(H,20,23)/t11-/m0/s1. The highest BCUT2D eigenvalue weighted by Crippen LogP contribution is 2.24. The molecule has 1 aliphatic rings. The van der Waals surface area contributed by atoms with Crippen LogP contribution in [-0.4, -0.2) is 47.6 Å². The number of ether oxygens (including phenoxy) is 1. The topological polar surface area (TPSA) is 71.5 Å². The Labute approximate surface area is 137 Å². The molecule has 1 N–H and O–H groups in total. The summed E-state index contributed by atoms with van der Waals surface area (Å²) < 4.78 is 42.5. The van der Waals surface area contributed by atoms with Gasteiger partial charge in [0.15, 0.2) is 0 Å². The van der Waals surface area contributed by atoms with E-state index in [1.54, 1.807) is 25.3 Å². The largest absolute Gasteiger partial charge is 0.478 e. The van der Waals surface area contributed by atoms with Crippen molar-refractivity contribution in [3.05, 3.63) is 23.9 Å². The van der Waals surface area contributed by atoms with E-state index in [4.69, 9.17) is 4.74 Å². The molecule has 0 bridgehead atoms. The van der Waals surface area contributed by atoms with Gasteiger partial charge in [-0.05, 0) is 13.0 Å². The van der Waals surface area contributed by atoms with E-state index < -0.39 is 30.5 Å². The van der Waals surface area contributed by atoms with Crippen molar-refractivity contribution < 1.29 is 27.5 Å². The van der Waals surface area contributed by atoms with Gasteiger partial charge in [-0.1, -0.05) is 6.07 Å². The summed E-state index contributed by atoms with van der Waals surface area (Å²) in [5.74, 6) is -1.52. The van der Waals surface area contributed by atoms with Gasteiger partial charge in [-0.3, -0.25) is 9.59 Å². The number of nitrogens with one attached hydrogen (secondary N) is 1. The van der Waals surface area contributed by atoms with E-state index in [1.807, 2.05) is 0 Å². The highest BCUT2D eigenvalue weighted by molar-refractivity contribution is 5.89. The Bertz CT molecular complexity index is 607. The van der Waals surface area contributed by atoms with Crippen molar-refractivity contribution in [2.75, 3.05) is 19.7 Å². The van der Waals surface area contributed by atoms with Gasteiger partial charge in [0.25, 0.3) is 0 Å². The van der Waals surface area contributed by atoms with E-state index >= 15 is 0 Å². The molecule has 1 aromatic rings. The monoisotopic (exact) mass is 345 g/mol. The van der Waals surface area contributed by atoms with Crippen molar-refractivity contribution >= 4 is 11.8 Å². The minimum atomic E-state index is -4.47.